The van der Waals surface area contributed by atoms with E-state index >= 15 is 0 Å². The van der Waals surface area contributed by atoms with E-state index in [1.807, 2.05) is 42.6 Å². The molecule has 0 unspecified atom stereocenters. The Balaban J connectivity index is 1.16. The molecule has 0 saturated carbocycles. The molecule has 5 rings (SSSR count). The molecule has 3 aromatic rings. The van der Waals surface area contributed by atoms with Gasteiger partial charge in [-0.3, -0.25) is 14.1 Å². The summed E-state index contributed by atoms with van der Waals surface area (Å²) < 4.78 is 13.2. The number of ether oxygens (including phenoxy) is 2. The molecule has 0 spiro atoms. The van der Waals surface area contributed by atoms with E-state index in [1.165, 1.54) is 0 Å². The Kier molecular flexibility index (Phi) is 4.77. The van der Waals surface area contributed by atoms with Crippen LogP contribution in [0.25, 0.3) is 5.65 Å². The molecular formula is C21H23N5O3. The van der Waals surface area contributed by atoms with Crippen LogP contribution < -0.4 is 14.8 Å². The second-order valence-electron chi connectivity index (χ2n) is 7.44. The smallest absolute Gasteiger partial charge is 0.238 e. The molecule has 150 valence electrons. The lowest BCUT2D eigenvalue weighted by Crippen LogP contribution is -2.39. The third-order valence-corrected chi connectivity index (χ3v) is 5.49. The summed E-state index contributed by atoms with van der Waals surface area (Å²) in [6, 6.07) is 11.4. The number of benzene rings is 1. The van der Waals surface area contributed by atoms with E-state index in [0.717, 1.165) is 48.8 Å². The minimum Gasteiger partial charge on any atom is -0.486 e. The number of aromatic nitrogens is 3. The van der Waals surface area contributed by atoms with Crippen LogP contribution in [0.15, 0.2) is 42.6 Å². The van der Waals surface area contributed by atoms with Crippen LogP contribution in [0.3, 0.4) is 0 Å². The molecule has 8 nitrogen and oxygen atoms in total. The van der Waals surface area contributed by atoms with E-state index in [4.69, 9.17) is 9.47 Å². The number of likely N-dealkylation sites (tertiary alicyclic amines) is 1. The first-order valence-electron chi connectivity index (χ1n) is 9.98. The summed E-state index contributed by atoms with van der Waals surface area (Å²) in [5.41, 5.74) is 1.60. The highest BCUT2D eigenvalue weighted by molar-refractivity contribution is 5.92. The molecule has 1 fully saturated rings. The van der Waals surface area contributed by atoms with Gasteiger partial charge in [-0.05, 0) is 50.2 Å². The van der Waals surface area contributed by atoms with E-state index in [1.54, 1.807) is 0 Å². The first kappa shape index (κ1) is 17.9. The molecule has 0 radical (unpaired) electrons. The molecule has 2 aliphatic heterocycles. The van der Waals surface area contributed by atoms with Crippen LogP contribution in [0.5, 0.6) is 11.5 Å². The zero-order valence-electron chi connectivity index (χ0n) is 16.1. The van der Waals surface area contributed by atoms with Crippen LogP contribution in [-0.2, 0) is 4.79 Å². The Labute approximate surface area is 168 Å². The number of fused-ring (bicyclic) bond motifs is 2. The summed E-state index contributed by atoms with van der Waals surface area (Å²) in [6.45, 7) is 3.18. The van der Waals surface area contributed by atoms with Crippen LogP contribution >= 0.6 is 0 Å². The van der Waals surface area contributed by atoms with E-state index < -0.39 is 0 Å². The van der Waals surface area contributed by atoms with Crippen LogP contribution in [0.4, 0.5) is 5.69 Å². The fraction of sp³-hybridized carbons (Fsp3) is 0.381. The maximum Gasteiger partial charge on any atom is 0.238 e. The average molecular weight is 393 g/mol. The van der Waals surface area contributed by atoms with E-state index in [-0.39, 0.29) is 5.91 Å². The molecule has 0 bridgehead atoms. The molecule has 1 aromatic carbocycles. The molecule has 2 aliphatic rings. The molecule has 1 amide bonds. The topological polar surface area (TPSA) is 81.0 Å². The third kappa shape index (κ3) is 3.75. The highest BCUT2D eigenvalue weighted by Gasteiger charge is 2.25. The zero-order chi connectivity index (χ0) is 19.6. The highest BCUT2D eigenvalue weighted by atomic mass is 16.6. The second-order valence-corrected chi connectivity index (χ2v) is 7.44. The van der Waals surface area contributed by atoms with Crippen LogP contribution in [-0.4, -0.2) is 58.3 Å². The quantitative estimate of drug-likeness (QED) is 0.733. The van der Waals surface area contributed by atoms with Gasteiger partial charge in [-0.25, -0.2) is 0 Å². The Bertz CT molecular complexity index is 1030. The summed E-state index contributed by atoms with van der Waals surface area (Å²) in [4.78, 5) is 14.7. The molecular weight excluding hydrogens is 370 g/mol. The Hall–Kier alpha value is -3.13. The van der Waals surface area contributed by atoms with Crippen molar-refractivity contribution in [3.05, 3.63) is 48.4 Å². The Morgan fingerprint density at radius 2 is 1.90 bits per heavy atom. The summed E-state index contributed by atoms with van der Waals surface area (Å²) in [5, 5.41) is 11.6. The largest absolute Gasteiger partial charge is 0.486 e. The number of carbonyl (C=O) groups is 1. The van der Waals surface area contributed by atoms with Gasteiger partial charge in [0.2, 0.25) is 5.91 Å². The third-order valence-electron chi connectivity index (χ3n) is 5.49. The summed E-state index contributed by atoms with van der Waals surface area (Å²) in [6.07, 6.45) is 3.94. The van der Waals surface area contributed by atoms with Gasteiger partial charge in [0.05, 0.1) is 6.54 Å². The van der Waals surface area contributed by atoms with Crippen molar-refractivity contribution in [2.24, 2.45) is 0 Å². The average Bonchev–Trinajstić information content (AvgIpc) is 3.18. The van der Waals surface area contributed by atoms with Gasteiger partial charge in [-0.15, -0.1) is 10.2 Å². The van der Waals surface area contributed by atoms with Crippen molar-refractivity contribution >= 4 is 17.2 Å². The van der Waals surface area contributed by atoms with Gasteiger partial charge in [-0.1, -0.05) is 6.07 Å². The zero-order valence-corrected chi connectivity index (χ0v) is 16.1. The molecule has 1 saturated heterocycles. The minimum atomic E-state index is -0.0203. The van der Waals surface area contributed by atoms with Gasteiger partial charge in [0.1, 0.15) is 19.0 Å². The van der Waals surface area contributed by atoms with Crippen LogP contribution in [0, 0.1) is 0 Å². The van der Waals surface area contributed by atoms with E-state index in [2.05, 4.69) is 24.8 Å². The number of nitrogens with zero attached hydrogens (tertiary/aromatic N) is 4. The van der Waals surface area contributed by atoms with E-state index in [0.29, 0.717) is 31.4 Å². The first-order valence-corrected chi connectivity index (χ1v) is 9.98. The molecule has 2 aromatic heterocycles. The lowest BCUT2D eigenvalue weighted by Gasteiger charge is -2.30. The number of rotatable bonds is 4. The van der Waals surface area contributed by atoms with Gasteiger partial charge in [0.25, 0.3) is 0 Å². The van der Waals surface area contributed by atoms with Gasteiger partial charge < -0.3 is 14.8 Å². The summed E-state index contributed by atoms with van der Waals surface area (Å²) >= 11 is 0. The monoisotopic (exact) mass is 393 g/mol. The fourth-order valence-electron chi connectivity index (χ4n) is 4.01. The molecule has 4 heterocycles. The number of piperidine rings is 1. The number of hydrogen-bond donors (Lipinski definition) is 1. The number of pyridine rings is 1. The Morgan fingerprint density at radius 3 is 2.76 bits per heavy atom. The number of nitrogens with one attached hydrogen (secondary N) is 1. The molecule has 29 heavy (non-hydrogen) atoms. The van der Waals surface area contributed by atoms with Crippen molar-refractivity contribution in [3.8, 4) is 11.5 Å². The highest BCUT2D eigenvalue weighted by Crippen LogP contribution is 2.32. The molecule has 1 N–H and O–H groups in total. The first-order chi connectivity index (χ1) is 14.3. The number of carbonyl (C=O) groups excluding carboxylic acids is 1. The van der Waals surface area contributed by atoms with Crippen molar-refractivity contribution in [1.82, 2.24) is 19.5 Å². The molecule has 0 atom stereocenters. The van der Waals surface area contributed by atoms with Crippen LogP contribution in [0.1, 0.15) is 24.6 Å². The standard InChI is InChI=1S/C21H23N5O3/c27-20(22-16-4-5-17-18(13-16)29-12-11-28-17)14-25-9-6-15(7-10-25)21-24-23-19-3-1-2-8-26(19)21/h1-5,8,13,15H,6-7,9-12,14H2,(H,22,27). The van der Waals surface area contributed by atoms with E-state index in [9.17, 15) is 4.79 Å². The number of amides is 1. The van der Waals surface area contributed by atoms with Crippen molar-refractivity contribution < 1.29 is 14.3 Å². The van der Waals surface area contributed by atoms with Gasteiger partial charge in [-0.2, -0.15) is 0 Å². The van der Waals surface area contributed by atoms with Crippen molar-refractivity contribution in [1.29, 1.82) is 0 Å². The molecule has 8 heteroatoms. The predicted octanol–water partition coefficient (Wildman–Crippen LogP) is 2.32. The van der Waals surface area contributed by atoms with Crippen molar-refractivity contribution in [3.63, 3.8) is 0 Å². The maximum atomic E-state index is 12.5. The van der Waals surface area contributed by atoms with Crippen molar-refractivity contribution in [2.75, 3.05) is 38.2 Å². The number of anilines is 1. The van der Waals surface area contributed by atoms with Crippen LogP contribution in [0.2, 0.25) is 0 Å². The minimum absolute atomic E-state index is 0.0203. The van der Waals surface area contributed by atoms with Gasteiger partial charge in [0, 0.05) is 23.9 Å². The maximum absolute atomic E-state index is 12.5. The number of hydrogen-bond acceptors (Lipinski definition) is 6. The normalized spacial score (nSPS) is 17.4. The van der Waals surface area contributed by atoms with Crippen molar-refractivity contribution in [2.45, 2.75) is 18.8 Å². The lowest BCUT2D eigenvalue weighted by atomic mass is 9.96. The second kappa shape index (κ2) is 7.71. The predicted molar refractivity (Wildman–Crippen MR) is 107 cm³/mol. The summed E-state index contributed by atoms with van der Waals surface area (Å²) in [5.74, 6) is 2.76. The SMILES string of the molecule is O=C(CN1CCC(c2nnc3ccccn23)CC1)Nc1ccc2c(c1)OCCO2. The fourth-order valence-corrected chi connectivity index (χ4v) is 4.01. The Morgan fingerprint density at radius 1 is 1.07 bits per heavy atom. The van der Waals surface area contributed by atoms with Gasteiger partial charge >= 0.3 is 0 Å². The summed E-state index contributed by atoms with van der Waals surface area (Å²) in [7, 11) is 0. The lowest BCUT2D eigenvalue weighted by molar-refractivity contribution is -0.117. The van der Waals surface area contributed by atoms with Gasteiger partial charge in [0.15, 0.2) is 17.1 Å². The molecule has 0 aliphatic carbocycles.